The van der Waals surface area contributed by atoms with Crippen LogP contribution in [0.1, 0.15) is 70.8 Å². The molecule has 2 aromatic carbocycles. The number of H-pyrrole nitrogens is 1. The van der Waals surface area contributed by atoms with Crippen LogP contribution < -0.4 is 0 Å². The van der Waals surface area contributed by atoms with E-state index in [1.807, 2.05) is 23.1 Å². The van der Waals surface area contributed by atoms with E-state index >= 15 is 0 Å². The Kier molecular flexibility index (Phi) is 6.75. The minimum absolute atomic E-state index is 0.156. The number of carbonyl (C=O) groups is 1. The molecule has 1 amide bonds. The molecule has 182 valence electrons. The van der Waals surface area contributed by atoms with E-state index in [9.17, 15) is 4.79 Å². The van der Waals surface area contributed by atoms with Gasteiger partial charge in [-0.3, -0.25) is 14.7 Å². The van der Waals surface area contributed by atoms with Crippen LogP contribution in [0.25, 0.3) is 22.5 Å². The molecule has 1 atom stereocenters. The second-order valence-electron chi connectivity index (χ2n) is 9.99. The van der Waals surface area contributed by atoms with E-state index in [1.54, 1.807) is 0 Å². The first-order valence-electron chi connectivity index (χ1n) is 12.9. The number of tetrazole rings is 1. The third-order valence-electron chi connectivity index (χ3n) is 7.60. The summed E-state index contributed by atoms with van der Waals surface area (Å²) in [6.07, 6.45) is 8.79. The predicted molar refractivity (Wildman–Crippen MR) is 138 cm³/mol. The van der Waals surface area contributed by atoms with Gasteiger partial charge in [0.05, 0.1) is 6.54 Å². The van der Waals surface area contributed by atoms with Gasteiger partial charge in [-0.2, -0.15) is 5.21 Å². The summed E-state index contributed by atoms with van der Waals surface area (Å²) in [5.41, 5.74) is 3.43. The highest BCUT2D eigenvalue weighted by Crippen LogP contribution is 2.40. The average Bonchev–Trinajstić information content (AvgIpc) is 3.52. The zero-order valence-corrected chi connectivity index (χ0v) is 20.7. The Balaban J connectivity index is 1.48. The second kappa shape index (κ2) is 10.1. The molecule has 1 aliphatic carbocycles. The first-order chi connectivity index (χ1) is 17.1. The molecule has 1 unspecified atom stereocenters. The molecule has 1 aliphatic heterocycles. The Morgan fingerprint density at radius 2 is 1.86 bits per heavy atom. The third kappa shape index (κ3) is 4.64. The number of benzene rings is 2. The van der Waals surface area contributed by atoms with Crippen LogP contribution in [0.5, 0.6) is 0 Å². The van der Waals surface area contributed by atoms with Crippen molar-refractivity contribution in [1.29, 1.82) is 0 Å². The summed E-state index contributed by atoms with van der Waals surface area (Å²) in [4.78, 5) is 21.0. The molecule has 5 rings (SSSR count). The normalized spacial score (nSPS) is 20.9. The molecule has 1 aromatic heterocycles. The highest BCUT2D eigenvalue weighted by Gasteiger charge is 2.49. The smallest absolute Gasteiger partial charge is 0.256 e. The van der Waals surface area contributed by atoms with Gasteiger partial charge in [-0.1, -0.05) is 75.1 Å². The molecule has 3 aromatic rings. The van der Waals surface area contributed by atoms with Crippen molar-refractivity contribution in [1.82, 2.24) is 25.5 Å². The number of unbranched alkanes of at least 4 members (excludes halogenated alkanes) is 1. The summed E-state index contributed by atoms with van der Waals surface area (Å²) in [6.45, 7) is 4.76. The highest BCUT2D eigenvalue weighted by atomic mass is 16.2. The van der Waals surface area contributed by atoms with E-state index in [1.165, 1.54) is 19.3 Å². The highest BCUT2D eigenvalue weighted by molar-refractivity contribution is 6.08. The molecular formula is C28H34N6O. The molecular weight excluding hydrogens is 436 g/mol. The van der Waals surface area contributed by atoms with Gasteiger partial charge >= 0.3 is 0 Å². The van der Waals surface area contributed by atoms with Crippen LogP contribution >= 0.6 is 0 Å². The van der Waals surface area contributed by atoms with Gasteiger partial charge in [0, 0.05) is 12.0 Å². The molecule has 1 N–H and O–H groups in total. The summed E-state index contributed by atoms with van der Waals surface area (Å²) in [7, 11) is 0. The van der Waals surface area contributed by atoms with Gasteiger partial charge in [0.25, 0.3) is 5.91 Å². The number of rotatable bonds is 8. The summed E-state index contributed by atoms with van der Waals surface area (Å²) in [6, 6.07) is 16.5. The number of hydrogen-bond donors (Lipinski definition) is 1. The SMILES string of the molecule is CCCCC1=NC(C)(C2CCCCC2)C(=O)N1Cc1ccc(-c2ccccc2)c(-c2nn[nH]n2)c1. The van der Waals surface area contributed by atoms with E-state index in [4.69, 9.17) is 4.99 Å². The van der Waals surface area contributed by atoms with E-state index in [2.05, 4.69) is 64.8 Å². The number of carbonyl (C=O) groups excluding carboxylic acids is 1. The quantitative estimate of drug-likeness (QED) is 0.450. The fourth-order valence-corrected chi connectivity index (χ4v) is 5.59. The number of aliphatic imine (C=N–C) groups is 1. The van der Waals surface area contributed by atoms with Gasteiger partial charge in [-0.05, 0) is 60.1 Å². The zero-order valence-electron chi connectivity index (χ0n) is 20.7. The van der Waals surface area contributed by atoms with Crippen molar-refractivity contribution in [3.8, 4) is 22.5 Å². The Morgan fingerprint density at radius 1 is 1.06 bits per heavy atom. The number of hydrogen-bond acceptors (Lipinski definition) is 5. The van der Waals surface area contributed by atoms with Gasteiger partial charge in [-0.25, -0.2) is 0 Å². The van der Waals surface area contributed by atoms with E-state index in [0.717, 1.165) is 60.2 Å². The number of amidine groups is 1. The van der Waals surface area contributed by atoms with Crippen molar-refractivity contribution in [2.45, 2.75) is 77.3 Å². The lowest BCUT2D eigenvalue weighted by Gasteiger charge is -2.33. The summed E-state index contributed by atoms with van der Waals surface area (Å²) >= 11 is 0. The lowest BCUT2D eigenvalue weighted by atomic mass is 9.75. The van der Waals surface area contributed by atoms with Crippen molar-refractivity contribution in [2.24, 2.45) is 10.9 Å². The van der Waals surface area contributed by atoms with Gasteiger partial charge in [0.15, 0.2) is 0 Å². The Bertz CT molecular complexity index is 1180. The number of amides is 1. The molecule has 7 heteroatoms. The molecule has 0 saturated heterocycles. The number of nitrogens with zero attached hydrogens (tertiary/aromatic N) is 5. The Morgan fingerprint density at radius 3 is 2.57 bits per heavy atom. The first kappa shape index (κ1) is 23.4. The minimum atomic E-state index is -0.635. The fraction of sp³-hybridized carbons (Fsp3) is 0.464. The zero-order chi connectivity index (χ0) is 24.3. The molecule has 2 aliphatic rings. The second-order valence-corrected chi connectivity index (χ2v) is 9.99. The summed E-state index contributed by atoms with van der Waals surface area (Å²) < 4.78 is 0. The van der Waals surface area contributed by atoms with Crippen LogP contribution in [0, 0.1) is 5.92 Å². The predicted octanol–water partition coefficient (Wildman–Crippen LogP) is 5.80. The maximum atomic E-state index is 13.9. The van der Waals surface area contributed by atoms with Gasteiger partial charge in [0.2, 0.25) is 5.82 Å². The van der Waals surface area contributed by atoms with Crippen LogP contribution in [0.15, 0.2) is 53.5 Å². The lowest BCUT2D eigenvalue weighted by molar-refractivity contribution is -0.133. The van der Waals surface area contributed by atoms with E-state index in [0.29, 0.717) is 18.3 Å². The average molecular weight is 471 g/mol. The van der Waals surface area contributed by atoms with Crippen LogP contribution in [0.2, 0.25) is 0 Å². The van der Waals surface area contributed by atoms with Crippen molar-refractivity contribution in [2.75, 3.05) is 0 Å². The maximum absolute atomic E-state index is 13.9. The standard InChI is InChI=1S/C28H34N6O/c1-3-4-15-25-29-28(2,22-13-9-6-10-14-22)27(35)34(25)19-20-16-17-23(21-11-7-5-8-12-21)24(18-20)26-30-32-33-31-26/h5,7-8,11-12,16-18,22H,3-4,6,9-10,13-15,19H2,1-2H3,(H,30,31,32,33). The van der Waals surface area contributed by atoms with Crippen molar-refractivity contribution < 1.29 is 4.79 Å². The topological polar surface area (TPSA) is 87.1 Å². The van der Waals surface area contributed by atoms with Crippen molar-refractivity contribution >= 4 is 11.7 Å². The molecule has 0 radical (unpaired) electrons. The molecule has 2 heterocycles. The Hall–Kier alpha value is -3.35. The monoisotopic (exact) mass is 470 g/mol. The molecule has 35 heavy (non-hydrogen) atoms. The molecule has 0 spiro atoms. The van der Waals surface area contributed by atoms with Gasteiger partial charge < -0.3 is 0 Å². The maximum Gasteiger partial charge on any atom is 0.256 e. The Labute approximate surface area is 207 Å². The summed E-state index contributed by atoms with van der Waals surface area (Å²) in [5.74, 6) is 1.98. The molecule has 1 saturated carbocycles. The van der Waals surface area contributed by atoms with Crippen molar-refractivity contribution in [3.63, 3.8) is 0 Å². The molecule has 1 fully saturated rings. The minimum Gasteiger partial charge on any atom is -0.294 e. The third-order valence-corrected chi connectivity index (χ3v) is 7.60. The van der Waals surface area contributed by atoms with Crippen LogP contribution in [-0.4, -0.2) is 42.8 Å². The largest absolute Gasteiger partial charge is 0.294 e. The van der Waals surface area contributed by atoms with Crippen LogP contribution in [0.4, 0.5) is 0 Å². The molecule has 0 bridgehead atoms. The van der Waals surface area contributed by atoms with Gasteiger partial charge in [-0.15, -0.1) is 10.2 Å². The fourth-order valence-electron chi connectivity index (χ4n) is 5.59. The van der Waals surface area contributed by atoms with E-state index in [-0.39, 0.29) is 5.91 Å². The van der Waals surface area contributed by atoms with E-state index < -0.39 is 5.54 Å². The van der Waals surface area contributed by atoms with Crippen molar-refractivity contribution in [3.05, 3.63) is 54.1 Å². The number of aromatic nitrogens is 4. The first-order valence-corrected chi connectivity index (χ1v) is 12.9. The van der Waals surface area contributed by atoms with Crippen LogP contribution in [-0.2, 0) is 11.3 Å². The molecule has 7 nitrogen and oxygen atoms in total. The summed E-state index contributed by atoms with van der Waals surface area (Å²) in [5, 5.41) is 14.8. The van der Waals surface area contributed by atoms with Gasteiger partial charge in [0.1, 0.15) is 11.4 Å². The number of nitrogens with one attached hydrogen (secondary N) is 1. The lowest BCUT2D eigenvalue weighted by Crippen LogP contribution is -2.45. The van der Waals surface area contributed by atoms with Crippen LogP contribution in [0.3, 0.4) is 0 Å². The number of aromatic amines is 1.